The molecule has 0 heterocycles. The van der Waals surface area contributed by atoms with Gasteiger partial charge in [0.2, 0.25) is 0 Å². The summed E-state index contributed by atoms with van der Waals surface area (Å²) in [7, 11) is 0. The van der Waals surface area contributed by atoms with Gasteiger partial charge in [-0.05, 0) is 36.5 Å². The Balaban J connectivity index is 2.13. The molecule has 0 N–H and O–H groups in total. The van der Waals surface area contributed by atoms with Crippen LogP contribution in [0.1, 0.15) is 61.4 Å². The summed E-state index contributed by atoms with van der Waals surface area (Å²) in [6.07, 6.45) is 4.69. The summed E-state index contributed by atoms with van der Waals surface area (Å²) in [5.74, 6) is 1.13. The van der Waals surface area contributed by atoms with Gasteiger partial charge < -0.3 is 4.90 Å². The first-order valence-corrected chi connectivity index (χ1v) is 8.14. The van der Waals surface area contributed by atoms with Crippen LogP contribution in [0.3, 0.4) is 0 Å². The minimum absolute atomic E-state index is 0.132. The highest BCUT2D eigenvalue weighted by Crippen LogP contribution is 2.25. The molecule has 3 heteroatoms. The van der Waals surface area contributed by atoms with Gasteiger partial charge in [-0.15, -0.1) is 11.6 Å². The summed E-state index contributed by atoms with van der Waals surface area (Å²) in [6.45, 7) is 4.97. The molecule has 0 atom stereocenters. The van der Waals surface area contributed by atoms with E-state index in [-0.39, 0.29) is 5.91 Å². The van der Waals surface area contributed by atoms with E-state index in [1.54, 1.807) is 0 Å². The minimum Gasteiger partial charge on any atom is -0.334 e. The third kappa shape index (κ3) is 3.54. The van der Waals surface area contributed by atoms with Crippen LogP contribution in [0.15, 0.2) is 24.3 Å². The zero-order valence-electron chi connectivity index (χ0n) is 12.4. The lowest BCUT2D eigenvalue weighted by molar-refractivity contribution is 0.0695. The quantitative estimate of drug-likeness (QED) is 0.735. The Kier molecular flexibility index (Phi) is 5.47. The largest absolute Gasteiger partial charge is 0.334 e. The Morgan fingerprint density at radius 3 is 2.35 bits per heavy atom. The fourth-order valence-electron chi connectivity index (χ4n) is 2.93. The summed E-state index contributed by atoms with van der Waals surface area (Å²) >= 11 is 5.88. The van der Waals surface area contributed by atoms with Crippen LogP contribution >= 0.6 is 11.6 Å². The number of carbonyl (C=O) groups is 1. The molecule has 0 unspecified atom stereocenters. The van der Waals surface area contributed by atoms with Crippen molar-refractivity contribution in [2.75, 3.05) is 12.4 Å². The van der Waals surface area contributed by atoms with E-state index in [9.17, 15) is 4.79 Å². The predicted octanol–water partition coefficient (Wildman–Crippen LogP) is 4.43. The molecule has 1 aliphatic rings. The van der Waals surface area contributed by atoms with E-state index < -0.39 is 0 Å². The highest BCUT2D eigenvalue weighted by molar-refractivity contribution is 6.18. The molecule has 0 radical (unpaired) electrons. The number of hydrogen-bond acceptors (Lipinski definition) is 1. The van der Waals surface area contributed by atoms with Crippen LogP contribution in [0.5, 0.6) is 0 Å². The summed E-state index contributed by atoms with van der Waals surface area (Å²) < 4.78 is 0. The van der Waals surface area contributed by atoms with Crippen LogP contribution in [0.2, 0.25) is 0 Å². The van der Waals surface area contributed by atoms with Gasteiger partial charge in [-0.1, -0.05) is 38.8 Å². The second kappa shape index (κ2) is 7.12. The lowest BCUT2D eigenvalue weighted by Gasteiger charge is -2.28. The Morgan fingerprint density at radius 1 is 1.25 bits per heavy atom. The van der Waals surface area contributed by atoms with E-state index in [0.717, 1.165) is 18.4 Å². The summed E-state index contributed by atoms with van der Waals surface area (Å²) in [5.41, 5.74) is 2.05. The van der Waals surface area contributed by atoms with Crippen molar-refractivity contribution in [1.29, 1.82) is 0 Å². The van der Waals surface area contributed by atoms with Gasteiger partial charge in [0.05, 0.1) is 0 Å². The van der Waals surface area contributed by atoms with Crippen molar-refractivity contribution in [3.8, 4) is 0 Å². The average molecular weight is 294 g/mol. The van der Waals surface area contributed by atoms with Crippen LogP contribution in [0.4, 0.5) is 0 Å². The van der Waals surface area contributed by atoms with Gasteiger partial charge in [0.25, 0.3) is 5.91 Å². The molecule has 110 valence electrons. The lowest BCUT2D eigenvalue weighted by atomic mass is 10.0. The maximum atomic E-state index is 12.7. The number of nitrogens with zero attached hydrogens (tertiary/aromatic N) is 1. The number of rotatable bonds is 5. The fourth-order valence-corrected chi connectivity index (χ4v) is 3.12. The van der Waals surface area contributed by atoms with Crippen LogP contribution in [-0.2, 0) is 0 Å². The van der Waals surface area contributed by atoms with Crippen LogP contribution in [0, 0.1) is 0 Å². The summed E-state index contributed by atoms with van der Waals surface area (Å²) in [5, 5.41) is 0. The maximum Gasteiger partial charge on any atom is 0.254 e. The zero-order valence-corrected chi connectivity index (χ0v) is 13.2. The molecular formula is C17H24ClNO. The third-order valence-electron chi connectivity index (χ3n) is 4.18. The van der Waals surface area contributed by atoms with Crippen molar-refractivity contribution in [2.24, 2.45) is 0 Å². The van der Waals surface area contributed by atoms with Gasteiger partial charge >= 0.3 is 0 Å². The van der Waals surface area contributed by atoms with E-state index >= 15 is 0 Å². The topological polar surface area (TPSA) is 20.3 Å². The molecule has 0 aromatic heterocycles. The van der Waals surface area contributed by atoms with Crippen LogP contribution in [0.25, 0.3) is 0 Å². The summed E-state index contributed by atoms with van der Waals surface area (Å²) in [6, 6.07) is 8.41. The maximum absolute atomic E-state index is 12.7. The Hall–Kier alpha value is -1.02. The van der Waals surface area contributed by atoms with Crippen molar-refractivity contribution in [3.05, 3.63) is 35.4 Å². The second-order valence-electron chi connectivity index (χ2n) is 5.90. The van der Waals surface area contributed by atoms with Gasteiger partial charge in [-0.2, -0.15) is 0 Å². The minimum atomic E-state index is 0.132. The normalized spacial score (nSPS) is 15.8. The van der Waals surface area contributed by atoms with Crippen molar-refractivity contribution >= 4 is 17.5 Å². The molecule has 0 bridgehead atoms. The monoisotopic (exact) mass is 293 g/mol. The van der Waals surface area contributed by atoms with E-state index in [1.165, 1.54) is 18.4 Å². The number of alkyl halides is 1. The molecule has 1 aromatic rings. The highest BCUT2D eigenvalue weighted by atomic mass is 35.5. The van der Waals surface area contributed by atoms with Crippen LogP contribution < -0.4 is 0 Å². The average Bonchev–Trinajstić information content (AvgIpc) is 2.98. The Labute approximate surface area is 127 Å². The molecule has 1 aromatic carbocycles. The van der Waals surface area contributed by atoms with Crippen molar-refractivity contribution in [3.63, 3.8) is 0 Å². The van der Waals surface area contributed by atoms with Gasteiger partial charge in [0.15, 0.2) is 0 Å². The van der Waals surface area contributed by atoms with E-state index in [0.29, 0.717) is 24.4 Å². The molecule has 1 amide bonds. The standard InChI is InChI=1S/C17H24ClNO/c1-13(2)14-7-9-15(10-8-14)17(20)19(12-11-18)16-5-3-4-6-16/h7-10,13,16H,3-6,11-12H2,1-2H3. The molecule has 1 saturated carbocycles. The van der Waals surface area contributed by atoms with Gasteiger partial charge in [-0.3, -0.25) is 4.79 Å². The molecule has 2 rings (SSSR count). The fraction of sp³-hybridized carbons (Fsp3) is 0.588. The highest BCUT2D eigenvalue weighted by Gasteiger charge is 2.26. The Bertz CT molecular complexity index is 435. The molecule has 20 heavy (non-hydrogen) atoms. The Morgan fingerprint density at radius 2 is 1.85 bits per heavy atom. The number of carbonyl (C=O) groups excluding carboxylic acids is 1. The van der Waals surface area contributed by atoms with E-state index in [2.05, 4.69) is 26.0 Å². The van der Waals surface area contributed by atoms with Gasteiger partial charge in [0.1, 0.15) is 0 Å². The third-order valence-corrected chi connectivity index (χ3v) is 4.35. The van der Waals surface area contributed by atoms with E-state index in [4.69, 9.17) is 11.6 Å². The molecule has 1 fully saturated rings. The number of halogens is 1. The van der Waals surface area contributed by atoms with Crippen molar-refractivity contribution in [1.82, 2.24) is 4.90 Å². The van der Waals surface area contributed by atoms with E-state index in [1.807, 2.05) is 17.0 Å². The molecular weight excluding hydrogens is 270 g/mol. The summed E-state index contributed by atoms with van der Waals surface area (Å²) in [4.78, 5) is 14.6. The van der Waals surface area contributed by atoms with Gasteiger partial charge in [-0.25, -0.2) is 0 Å². The van der Waals surface area contributed by atoms with Crippen LogP contribution in [-0.4, -0.2) is 29.3 Å². The number of benzene rings is 1. The van der Waals surface area contributed by atoms with Gasteiger partial charge in [0, 0.05) is 24.0 Å². The molecule has 0 aliphatic heterocycles. The SMILES string of the molecule is CC(C)c1ccc(C(=O)N(CCCl)C2CCCC2)cc1. The predicted molar refractivity (Wildman–Crippen MR) is 84.5 cm³/mol. The zero-order chi connectivity index (χ0) is 14.5. The lowest BCUT2D eigenvalue weighted by Crippen LogP contribution is -2.40. The second-order valence-corrected chi connectivity index (χ2v) is 6.28. The molecule has 1 aliphatic carbocycles. The first-order chi connectivity index (χ1) is 9.63. The molecule has 0 saturated heterocycles. The smallest absolute Gasteiger partial charge is 0.254 e. The number of amides is 1. The first-order valence-electron chi connectivity index (χ1n) is 7.60. The molecule has 2 nitrogen and oxygen atoms in total. The number of hydrogen-bond donors (Lipinski definition) is 0. The molecule has 0 spiro atoms. The first kappa shape index (κ1) is 15.4. The van der Waals surface area contributed by atoms with Crippen molar-refractivity contribution in [2.45, 2.75) is 51.5 Å². The van der Waals surface area contributed by atoms with Crippen molar-refractivity contribution < 1.29 is 4.79 Å².